The molecule has 2 unspecified atom stereocenters. The summed E-state index contributed by atoms with van der Waals surface area (Å²) < 4.78 is 19.3. The van der Waals surface area contributed by atoms with E-state index >= 15 is 0 Å². The summed E-state index contributed by atoms with van der Waals surface area (Å²) in [6.45, 7) is 0. The SMILES string of the molecule is O=C(c1cc(-c2ccc(F)cc2)n[nH]1)N1C2CCC1CC(Oc1ccncc1)C2. The van der Waals surface area contributed by atoms with Crippen molar-refractivity contribution in [3.8, 4) is 17.0 Å². The number of aromatic amines is 1. The molecule has 5 rings (SSSR count). The maximum atomic E-state index is 13.2. The van der Waals surface area contributed by atoms with Crippen LogP contribution in [0, 0.1) is 5.82 Å². The van der Waals surface area contributed by atoms with Crippen molar-refractivity contribution < 1.29 is 13.9 Å². The van der Waals surface area contributed by atoms with Crippen LogP contribution in [0.25, 0.3) is 11.3 Å². The number of rotatable bonds is 4. The molecule has 2 bridgehead atoms. The van der Waals surface area contributed by atoms with Crippen LogP contribution >= 0.6 is 0 Å². The van der Waals surface area contributed by atoms with Crippen LogP contribution in [0.4, 0.5) is 4.39 Å². The summed E-state index contributed by atoms with van der Waals surface area (Å²) in [4.78, 5) is 19.2. The zero-order chi connectivity index (χ0) is 19.8. The average molecular weight is 392 g/mol. The molecule has 1 amide bonds. The van der Waals surface area contributed by atoms with Crippen LogP contribution < -0.4 is 4.74 Å². The number of benzene rings is 1. The number of nitrogens with one attached hydrogen (secondary N) is 1. The fourth-order valence-electron chi connectivity index (χ4n) is 4.50. The lowest BCUT2D eigenvalue weighted by molar-refractivity contribution is 0.0354. The van der Waals surface area contributed by atoms with Gasteiger partial charge in [0.05, 0.1) is 5.69 Å². The van der Waals surface area contributed by atoms with E-state index in [-0.39, 0.29) is 29.9 Å². The van der Waals surface area contributed by atoms with Gasteiger partial charge in [-0.1, -0.05) is 0 Å². The van der Waals surface area contributed by atoms with E-state index in [1.807, 2.05) is 17.0 Å². The van der Waals surface area contributed by atoms with E-state index in [0.717, 1.165) is 37.0 Å². The van der Waals surface area contributed by atoms with Crippen LogP contribution in [-0.4, -0.2) is 44.2 Å². The van der Waals surface area contributed by atoms with Gasteiger partial charge in [0.15, 0.2) is 0 Å². The third-order valence-corrected chi connectivity index (χ3v) is 5.83. The quantitative estimate of drug-likeness (QED) is 0.733. The Morgan fingerprint density at radius 3 is 2.45 bits per heavy atom. The molecule has 0 spiro atoms. The van der Waals surface area contributed by atoms with E-state index in [1.54, 1.807) is 30.6 Å². The number of pyridine rings is 1. The molecule has 148 valence electrons. The van der Waals surface area contributed by atoms with Gasteiger partial charge in [0.2, 0.25) is 0 Å². The van der Waals surface area contributed by atoms with E-state index in [0.29, 0.717) is 11.4 Å². The van der Waals surface area contributed by atoms with Gasteiger partial charge in [0.1, 0.15) is 23.4 Å². The third kappa shape index (κ3) is 3.48. The Labute approximate surface area is 167 Å². The summed E-state index contributed by atoms with van der Waals surface area (Å²) in [5.41, 5.74) is 1.88. The predicted molar refractivity (Wildman–Crippen MR) is 105 cm³/mol. The lowest BCUT2D eigenvalue weighted by atomic mass is 9.99. The topological polar surface area (TPSA) is 71.1 Å². The highest BCUT2D eigenvalue weighted by Gasteiger charge is 2.44. The molecule has 3 aromatic rings. The number of H-pyrrole nitrogens is 1. The summed E-state index contributed by atoms with van der Waals surface area (Å²) in [5, 5.41) is 7.11. The molecule has 0 saturated carbocycles. The first kappa shape index (κ1) is 17.8. The molecule has 2 aliphatic rings. The third-order valence-electron chi connectivity index (χ3n) is 5.83. The Balaban J connectivity index is 1.29. The van der Waals surface area contributed by atoms with Crippen molar-refractivity contribution in [1.29, 1.82) is 0 Å². The van der Waals surface area contributed by atoms with Gasteiger partial charge in [0.25, 0.3) is 5.91 Å². The highest BCUT2D eigenvalue weighted by Crippen LogP contribution is 2.38. The lowest BCUT2D eigenvalue weighted by Gasteiger charge is -2.38. The predicted octanol–water partition coefficient (Wildman–Crippen LogP) is 3.83. The number of piperidine rings is 1. The van der Waals surface area contributed by atoms with Crippen molar-refractivity contribution in [2.24, 2.45) is 0 Å². The molecule has 1 N–H and O–H groups in total. The van der Waals surface area contributed by atoms with Gasteiger partial charge in [-0.25, -0.2) is 4.39 Å². The van der Waals surface area contributed by atoms with Crippen molar-refractivity contribution in [3.05, 3.63) is 66.4 Å². The minimum Gasteiger partial charge on any atom is -0.490 e. The number of hydrogen-bond donors (Lipinski definition) is 1. The molecule has 2 saturated heterocycles. The number of halogens is 1. The Bertz CT molecular complexity index is 991. The molecule has 4 heterocycles. The smallest absolute Gasteiger partial charge is 0.272 e. The van der Waals surface area contributed by atoms with Crippen LogP contribution in [0.5, 0.6) is 5.75 Å². The zero-order valence-corrected chi connectivity index (χ0v) is 15.8. The number of aromatic nitrogens is 3. The molecule has 0 aliphatic carbocycles. The van der Waals surface area contributed by atoms with E-state index in [9.17, 15) is 9.18 Å². The van der Waals surface area contributed by atoms with Gasteiger partial charge >= 0.3 is 0 Å². The van der Waals surface area contributed by atoms with E-state index in [4.69, 9.17) is 4.74 Å². The second kappa shape index (κ2) is 7.31. The summed E-state index contributed by atoms with van der Waals surface area (Å²) in [5.74, 6) is 0.497. The number of carbonyl (C=O) groups is 1. The molecule has 29 heavy (non-hydrogen) atoms. The van der Waals surface area contributed by atoms with Gasteiger partial charge < -0.3 is 9.64 Å². The summed E-state index contributed by atoms with van der Waals surface area (Å²) in [7, 11) is 0. The van der Waals surface area contributed by atoms with Gasteiger partial charge in [-0.05, 0) is 55.3 Å². The molecule has 2 atom stereocenters. The number of ether oxygens (including phenoxy) is 1. The fourth-order valence-corrected chi connectivity index (χ4v) is 4.50. The molecule has 2 aromatic heterocycles. The first-order valence-corrected chi connectivity index (χ1v) is 9.88. The van der Waals surface area contributed by atoms with Gasteiger partial charge in [-0.15, -0.1) is 0 Å². The van der Waals surface area contributed by atoms with Gasteiger partial charge in [-0.2, -0.15) is 5.10 Å². The standard InChI is InChI=1S/C22H21FN4O2/c23-15-3-1-14(2-4-15)20-13-21(26-25-20)22(28)27-16-5-6-17(27)12-19(11-16)29-18-7-9-24-10-8-18/h1-4,7-10,13,16-17,19H,5-6,11-12H2,(H,25,26). The Kier molecular flexibility index (Phi) is 4.50. The van der Waals surface area contributed by atoms with Crippen molar-refractivity contribution in [3.63, 3.8) is 0 Å². The summed E-state index contributed by atoms with van der Waals surface area (Å²) in [6, 6.07) is 11.9. The highest BCUT2D eigenvalue weighted by molar-refractivity contribution is 5.94. The number of amides is 1. The average Bonchev–Trinajstić information content (AvgIpc) is 3.32. The maximum Gasteiger partial charge on any atom is 0.272 e. The van der Waals surface area contributed by atoms with Crippen molar-refractivity contribution in [1.82, 2.24) is 20.1 Å². The molecule has 2 aliphatic heterocycles. The van der Waals surface area contributed by atoms with Crippen molar-refractivity contribution >= 4 is 5.91 Å². The summed E-state index contributed by atoms with van der Waals surface area (Å²) in [6.07, 6.45) is 7.18. The number of nitrogens with zero attached hydrogens (tertiary/aromatic N) is 3. The Morgan fingerprint density at radius 1 is 1.07 bits per heavy atom. The van der Waals surface area contributed by atoms with Crippen LogP contribution in [0.2, 0.25) is 0 Å². The second-order valence-corrected chi connectivity index (χ2v) is 7.67. The highest BCUT2D eigenvalue weighted by atomic mass is 19.1. The van der Waals surface area contributed by atoms with Crippen LogP contribution in [0.15, 0.2) is 54.9 Å². The molecule has 2 fully saturated rings. The van der Waals surface area contributed by atoms with Crippen LogP contribution in [-0.2, 0) is 0 Å². The van der Waals surface area contributed by atoms with Gasteiger partial charge in [-0.3, -0.25) is 14.9 Å². The van der Waals surface area contributed by atoms with E-state index in [1.165, 1.54) is 12.1 Å². The molecular weight excluding hydrogens is 371 g/mol. The first-order valence-electron chi connectivity index (χ1n) is 9.88. The van der Waals surface area contributed by atoms with E-state index < -0.39 is 0 Å². The second-order valence-electron chi connectivity index (χ2n) is 7.67. The monoisotopic (exact) mass is 392 g/mol. The Hall–Kier alpha value is -3.22. The Morgan fingerprint density at radius 2 is 1.76 bits per heavy atom. The van der Waals surface area contributed by atoms with E-state index in [2.05, 4.69) is 15.2 Å². The molecule has 1 aromatic carbocycles. The number of carbonyl (C=O) groups excluding carboxylic acids is 1. The largest absolute Gasteiger partial charge is 0.490 e. The lowest BCUT2D eigenvalue weighted by Crippen LogP contribution is -2.49. The fraction of sp³-hybridized carbons (Fsp3) is 0.318. The molecular formula is C22H21FN4O2. The number of fused-ring (bicyclic) bond motifs is 2. The zero-order valence-electron chi connectivity index (χ0n) is 15.8. The number of hydrogen-bond acceptors (Lipinski definition) is 4. The molecule has 6 nitrogen and oxygen atoms in total. The maximum absolute atomic E-state index is 13.2. The minimum atomic E-state index is -0.297. The van der Waals surface area contributed by atoms with Crippen molar-refractivity contribution in [2.45, 2.75) is 43.9 Å². The summed E-state index contributed by atoms with van der Waals surface area (Å²) >= 11 is 0. The minimum absolute atomic E-state index is 0.0271. The normalized spacial score (nSPS) is 23.2. The van der Waals surface area contributed by atoms with Crippen LogP contribution in [0.1, 0.15) is 36.2 Å². The molecule has 7 heteroatoms. The van der Waals surface area contributed by atoms with Crippen molar-refractivity contribution in [2.75, 3.05) is 0 Å². The van der Waals surface area contributed by atoms with Crippen LogP contribution in [0.3, 0.4) is 0 Å². The molecule has 0 radical (unpaired) electrons. The van der Waals surface area contributed by atoms with Gasteiger partial charge in [0, 0.05) is 42.9 Å². The first-order chi connectivity index (χ1) is 14.2.